The summed E-state index contributed by atoms with van der Waals surface area (Å²) < 4.78 is 43.5. The molecule has 0 radical (unpaired) electrons. The molecule has 0 aliphatic carbocycles. The van der Waals surface area contributed by atoms with E-state index in [1.807, 2.05) is 20.0 Å². The van der Waals surface area contributed by atoms with Crippen molar-refractivity contribution in [2.45, 2.75) is 33.1 Å². The molecular formula is C20H19F3N6OS. The second-order valence-electron chi connectivity index (χ2n) is 7.06. The molecule has 4 rings (SSSR count). The van der Waals surface area contributed by atoms with Gasteiger partial charge in [0, 0.05) is 38.0 Å². The van der Waals surface area contributed by atoms with E-state index in [-0.39, 0.29) is 23.6 Å². The van der Waals surface area contributed by atoms with Gasteiger partial charge in [0.1, 0.15) is 0 Å². The van der Waals surface area contributed by atoms with Crippen molar-refractivity contribution in [2.24, 2.45) is 0 Å². The lowest BCUT2D eigenvalue weighted by Crippen LogP contribution is -2.27. The summed E-state index contributed by atoms with van der Waals surface area (Å²) in [7, 11) is 1.57. The highest BCUT2D eigenvalue weighted by molar-refractivity contribution is 7.13. The molecule has 0 aliphatic rings. The van der Waals surface area contributed by atoms with Gasteiger partial charge in [-0.2, -0.15) is 23.4 Å². The van der Waals surface area contributed by atoms with Gasteiger partial charge in [0.05, 0.1) is 16.3 Å². The molecule has 4 heterocycles. The molecule has 0 N–H and O–H groups in total. The zero-order chi connectivity index (χ0) is 22.3. The zero-order valence-corrected chi connectivity index (χ0v) is 17.8. The standard InChI is InChI=1S/C20H19F3N6OS/c1-4-28-11-13(12(2)25-28)10-27(3)19(30)15-9-18-24-14(16-6-5-7-31-16)8-17(20(21,22)23)29(18)26-15/h5-9,11H,4,10H2,1-3H3. The lowest BCUT2D eigenvalue weighted by atomic mass is 10.2. The molecular weight excluding hydrogens is 429 g/mol. The smallest absolute Gasteiger partial charge is 0.336 e. The number of carbonyl (C=O) groups excluding carboxylic acids is 1. The number of aromatic nitrogens is 5. The summed E-state index contributed by atoms with van der Waals surface area (Å²) >= 11 is 1.29. The van der Waals surface area contributed by atoms with E-state index in [1.165, 1.54) is 22.3 Å². The Hall–Kier alpha value is -3.21. The molecule has 4 aromatic heterocycles. The lowest BCUT2D eigenvalue weighted by molar-refractivity contribution is -0.142. The number of thiophene rings is 1. The predicted molar refractivity (Wildman–Crippen MR) is 110 cm³/mol. The van der Waals surface area contributed by atoms with E-state index < -0.39 is 17.8 Å². The number of rotatable bonds is 5. The van der Waals surface area contributed by atoms with Crippen LogP contribution in [-0.2, 0) is 19.3 Å². The summed E-state index contributed by atoms with van der Waals surface area (Å²) in [6.45, 7) is 4.76. The number of halogens is 3. The minimum atomic E-state index is -4.66. The third-order valence-electron chi connectivity index (χ3n) is 4.84. The van der Waals surface area contributed by atoms with E-state index in [0.29, 0.717) is 15.9 Å². The van der Waals surface area contributed by atoms with Crippen molar-refractivity contribution >= 4 is 22.9 Å². The van der Waals surface area contributed by atoms with Crippen LogP contribution in [0.4, 0.5) is 13.2 Å². The highest BCUT2D eigenvalue weighted by Gasteiger charge is 2.36. The molecule has 1 amide bonds. The number of amides is 1. The van der Waals surface area contributed by atoms with Crippen molar-refractivity contribution < 1.29 is 18.0 Å². The first-order valence-corrected chi connectivity index (χ1v) is 10.4. The van der Waals surface area contributed by atoms with Gasteiger partial charge in [-0.05, 0) is 31.4 Å². The summed E-state index contributed by atoms with van der Waals surface area (Å²) in [5, 5.41) is 10.0. The molecule has 0 atom stereocenters. The quantitative estimate of drug-likeness (QED) is 0.457. The molecule has 0 unspecified atom stereocenters. The van der Waals surface area contributed by atoms with Gasteiger partial charge in [0.2, 0.25) is 0 Å². The van der Waals surface area contributed by atoms with Crippen LogP contribution in [0.15, 0.2) is 35.8 Å². The van der Waals surface area contributed by atoms with E-state index in [9.17, 15) is 18.0 Å². The molecule has 0 spiro atoms. The lowest BCUT2D eigenvalue weighted by Gasteiger charge is -2.15. The Morgan fingerprint density at radius 3 is 2.65 bits per heavy atom. The first kappa shape index (κ1) is 21.0. The molecule has 0 aliphatic heterocycles. The molecule has 4 aromatic rings. The van der Waals surface area contributed by atoms with Crippen LogP contribution in [0.3, 0.4) is 0 Å². The summed E-state index contributed by atoms with van der Waals surface area (Å²) in [6, 6.07) is 5.67. The number of nitrogens with zero attached hydrogens (tertiary/aromatic N) is 6. The van der Waals surface area contributed by atoms with Crippen LogP contribution in [0.25, 0.3) is 16.2 Å². The molecule has 31 heavy (non-hydrogen) atoms. The van der Waals surface area contributed by atoms with Crippen molar-refractivity contribution in [1.82, 2.24) is 29.3 Å². The largest absolute Gasteiger partial charge is 0.433 e. The Labute approximate surface area is 179 Å². The number of aryl methyl sites for hydroxylation is 2. The van der Waals surface area contributed by atoms with Crippen LogP contribution in [0.1, 0.15) is 34.4 Å². The van der Waals surface area contributed by atoms with Gasteiger partial charge < -0.3 is 4.90 Å². The number of hydrogen-bond acceptors (Lipinski definition) is 5. The van der Waals surface area contributed by atoms with Crippen LogP contribution in [0, 0.1) is 6.92 Å². The van der Waals surface area contributed by atoms with E-state index in [0.717, 1.165) is 17.3 Å². The van der Waals surface area contributed by atoms with Crippen molar-refractivity contribution in [3.05, 3.63) is 58.5 Å². The Balaban J connectivity index is 1.70. The molecule has 0 fully saturated rings. The molecule has 0 saturated heterocycles. The number of carbonyl (C=O) groups is 1. The van der Waals surface area contributed by atoms with E-state index >= 15 is 0 Å². The number of hydrogen-bond donors (Lipinski definition) is 0. The Morgan fingerprint density at radius 2 is 2.03 bits per heavy atom. The first-order valence-electron chi connectivity index (χ1n) is 9.47. The van der Waals surface area contributed by atoms with Crippen LogP contribution >= 0.6 is 11.3 Å². The van der Waals surface area contributed by atoms with E-state index in [1.54, 1.807) is 29.2 Å². The summed E-state index contributed by atoms with van der Waals surface area (Å²) in [4.78, 5) is 19.2. The molecule has 11 heteroatoms. The molecule has 0 bridgehead atoms. The molecule has 7 nitrogen and oxygen atoms in total. The monoisotopic (exact) mass is 448 g/mol. The highest BCUT2D eigenvalue weighted by Crippen LogP contribution is 2.33. The van der Waals surface area contributed by atoms with Crippen molar-refractivity contribution in [3.63, 3.8) is 0 Å². The second-order valence-corrected chi connectivity index (χ2v) is 8.01. The van der Waals surface area contributed by atoms with Gasteiger partial charge in [-0.15, -0.1) is 11.3 Å². The molecule has 162 valence electrons. The van der Waals surface area contributed by atoms with Crippen molar-refractivity contribution in [3.8, 4) is 10.6 Å². The zero-order valence-electron chi connectivity index (χ0n) is 17.0. The highest BCUT2D eigenvalue weighted by atomic mass is 32.1. The Morgan fingerprint density at radius 1 is 1.26 bits per heavy atom. The second kappa shape index (κ2) is 7.80. The topological polar surface area (TPSA) is 68.3 Å². The summed E-state index contributed by atoms with van der Waals surface area (Å²) in [6.07, 6.45) is -2.81. The number of fused-ring (bicyclic) bond motifs is 1. The van der Waals surface area contributed by atoms with Crippen LogP contribution < -0.4 is 0 Å². The van der Waals surface area contributed by atoms with Crippen molar-refractivity contribution in [2.75, 3.05) is 7.05 Å². The summed E-state index contributed by atoms with van der Waals surface area (Å²) in [5.74, 6) is -0.500. The fourth-order valence-corrected chi connectivity index (χ4v) is 3.92. The van der Waals surface area contributed by atoms with Crippen molar-refractivity contribution in [1.29, 1.82) is 0 Å². The minimum absolute atomic E-state index is 0.0371. The van der Waals surface area contributed by atoms with Gasteiger partial charge in [0.25, 0.3) is 5.91 Å². The normalized spacial score (nSPS) is 11.9. The maximum atomic E-state index is 13.7. The van der Waals surface area contributed by atoms with Crippen LogP contribution in [0.2, 0.25) is 0 Å². The SMILES string of the molecule is CCn1cc(CN(C)C(=O)c2cc3nc(-c4cccs4)cc(C(F)(F)F)n3n2)c(C)n1. The average Bonchev–Trinajstić information content (AvgIpc) is 3.45. The van der Waals surface area contributed by atoms with Crippen LogP contribution in [0.5, 0.6) is 0 Å². The minimum Gasteiger partial charge on any atom is -0.336 e. The van der Waals surface area contributed by atoms with Gasteiger partial charge in [-0.1, -0.05) is 6.07 Å². The maximum Gasteiger partial charge on any atom is 0.433 e. The predicted octanol–water partition coefficient (Wildman–Crippen LogP) is 4.27. The van der Waals surface area contributed by atoms with E-state index in [4.69, 9.17) is 0 Å². The first-order chi connectivity index (χ1) is 14.7. The fourth-order valence-electron chi connectivity index (χ4n) is 3.23. The third kappa shape index (κ3) is 4.05. The van der Waals surface area contributed by atoms with Gasteiger partial charge in [-0.3, -0.25) is 9.48 Å². The molecule has 0 aromatic carbocycles. The van der Waals surface area contributed by atoms with E-state index in [2.05, 4.69) is 15.2 Å². The van der Waals surface area contributed by atoms with Gasteiger partial charge in [-0.25, -0.2) is 9.50 Å². The molecule has 0 saturated carbocycles. The fraction of sp³-hybridized carbons (Fsp3) is 0.300. The summed E-state index contributed by atoms with van der Waals surface area (Å²) in [5.41, 5.74) is 0.704. The number of alkyl halides is 3. The van der Waals surface area contributed by atoms with Gasteiger partial charge >= 0.3 is 6.18 Å². The third-order valence-corrected chi connectivity index (χ3v) is 5.73. The average molecular weight is 448 g/mol. The Bertz CT molecular complexity index is 1240. The van der Waals surface area contributed by atoms with Gasteiger partial charge in [0.15, 0.2) is 17.0 Å². The Kier molecular flexibility index (Phi) is 5.29. The maximum absolute atomic E-state index is 13.7. The van der Waals surface area contributed by atoms with Crippen LogP contribution in [-0.4, -0.2) is 42.2 Å².